The lowest BCUT2D eigenvalue weighted by molar-refractivity contribution is 0.0980. The minimum absolute atomic E-state index is 0.460. The van der Waals surface area contributed by atoms with Crippen LogP contribution in [-0.2, 0) is 0 Å². The molecule has 2 fully saturated rings. The van der Waals surface area contributed by atoms with Crippen LogP contribution in [0.25, 0.3) is 0 Å². The summed E-state index contributed by atoms with van der Waals surface area (Å²) in [6.45, 7) is 13.4. The number of nitrogens with zero attached hydrogens (tertiary/aromatic N) is 2. The molecular weight excluding hydrogens is 172 g/mol. The Morgan fingerprint density at radius 2 is 1.57 bits per heavy atom. The Bertz CT molecular complexity index is 183. The van der Waals surface area contributed by atoms with Crippen LogP contribution in [0.2, 0.25) is 0 Å². The molecule has 1 saturated carbocycles. The standard InChI is InChI=1S/C12H24N2/c1-12(2,3)10-13-6-8-14(9-7-13)11-4-5-11/h11H,4-10H2,1-3H3. The molecule has 1 aliphatic heterocycles. The second-order valence-electron chi connectivity index (χ2n) is 6.10. The van der Waals surface area contributed by atoms with Gasteiger partial charge in [0.1, 0.15) is 0 Å². The molecule has 2 aliphatic rings. The molecule has 2 rings (SSSR count). The van der Waals surface area contributed by atoms with E-state index >= 15 is 0 Å². The first-order chi connectivity index (χ1) is 6.54. The van der Waals surface area contributed by atoms with Gasteiger partial charge in [0.05, 0.1) is 0 Å². The molecule has 0 atom stereocenters. The fourth-order valence-corrected chi connectivity index (χ4v) is 2.40. The van der Waals surface area contributed by atoms with Crippen molar-refractivity contribution < 1.29 is 0 Å². The van der Waals surface area contributed by atoms with E-state index in [1.54, 1.807) is 0 Å². The summed E-state index contributed by atoms with van der Waals surface area (Å²) in [5.41, 5.74) is 0.460. The van der Waals surface area contributed by atoms with Crippen LogP contribution < -0.4 is 0 Å². The van der Waals surface area contributed by atoms with Gasteiger partial charge in [0, 0.05) is 38.8 Å². The van der Waals surface area contributed by atoms with Crippen molar-refractivity contribution in [3.8, 4) is 0 Å². The molecule has 82 valence electrons. The van der Waals surface area contributed by atoms with Crippen LogP contribution in [-0.4, -0.2) is 48.6 Å². The second-order valence-corrected chi connectivity index (χ2v) is 6.10. The Morgan fingerprint density at radius 3 is 2.00 bits per heavy atom. The SMILES string of the molecule is CC(C)(C)CN1CCN(C2CC2)CC1. The van der Waals surface area contributed by atoms with Crippen LogP contribution in [0.4, 0.5) is 0 Å². The molecular formula is C12H24N2. The van der Waals surface area contributed by atoms with Gasteiger partial charge < -0.3 is 4.90 Å². The van der Waals surface area contributed by atoms with Crippen LogP contribution in [0.5, 0.6) is 0 Å². The molecule has 1 aliphatic carbocycles. The molecule has 0 unspecified atom stereocenters. The summed E-state index contributed by atoms with van der Waals surface area (Å²) in [6, 6.07) is 0.965. The van der Waals surface area contributed by atoms with E-state index in [-0.39, 0.29) is 0 Å². The fraction of sp³-hybridized carbons (Fsp3) is 1.00. The summed E-state index contributed by atoms with van der Waals surface area (Å²) < 4.78 is 0. The van der Waals surface area contributed by atoms with Gasteiger partial charge in [0.2, 0.25) is 0 Å². The van der Waals surface area contributed by atoms with Crippen molar-refractivity contribution in [1.82, 2.24) is 9.80 Å². The van der Waals surface area contributed by atoms with Crippen molar-refractivity contribution in [2.45, 2.75) is 39.7 Å². The summed E-state index contributed by atoms with van der Waals surface area (Å²) in [7, 11) is 0. The van der Waals surface area contributed by atoms with Crippen LogP contribution in [0.3, 0.4) is 0 Å². The van der Waals surface area contributed by atoms with Gasteiger partial charge in [-0.1, -0.05) is 20.8 Å². The van der Waals surface area contributed by atoms with Crippen molar-refractivity contribution in [2.24, 2.45) is 5.41 Å². The Balaban J connectivity index is 1.72. The summed E-state index contributed by atoms with van der Waals surface area (Å²) >= 11 is 0. The minimum Gasteiger partial charge on any atom is -0.300 e. The molecule has 1 saturated heterocycles. The summed E-state index contributed by atoms with van der Waals surface area (Å²) in [4.78, 5) is 5.30. The van der Waals surface area contributed by atoms with E-state index in [0.717, 1.165) is 6.04 Å². The third kappa shape index (κ3) is 2.96. The predicted octanol–water partition coefficient (Wildman–Crippen LogP) is 1.81. The Kier molecular flexibility index (Phi) is 2.85. The normalized spacial score (nSPS) is 26.8. The molecule has 2 nitrogen and oxygen atoms in total. The molecule has 0 bridgehead atoms. The molecule has 14 heavy (non-hydrogen) atoms. The van der Waals surface area contributed by atoms with Gasteiger partial charge in [-0.3, -0.25) is 4.90 Å². The van der Waals surface area contributed by atoms with Crippen LogP contribution in [0, 0.1) is 5.41 Å². The Labute approximate surface area is 88.3 Å². The van der Waals surface area contributed by atoms with Crippen LogP contribution >= 0.6 is 0 Å². The van der Waals surface area contributed by atoms with Crippen LogP contribution in [0.1, 0.15) is 33.6 Å². The van der Waals surface area contributed by atoms with E-state index in [1.165, 1.54) is 45.6 Å². The van der Waals surface area contributed by atoms with Crippen molar-refractivity contribution >= 4 is 0 Å². The molecule has 0 amide bonds. The van der Waals surface area contributed by atoms with E-state index in [1.807, 2.05) is 0 Å². The highest BCUT2D eigenvalue weighted by Gasteiger charge is 2.31. The van der Waals surface area contributed by atoms with Gasteiger partial charge in [-0.05, 0) is 18.3 Å². The van der Waals surface area contributed by atoms with Gasteiger partial charge in [0.25, 0.3) is 0 Å². The zero-order chi connectivity index (χ0) is 10.2. The van der Waals surface area contributed by atoms with E-state index < -0.39 is 0 Å². The molecule has 0 radical (unpaired) electrons. The molecule has 0 aromatic rings. The first-order valence-electron chi connectivity index (χ1n) is 6.01. The Hall–Kier alpha value is -0.0800. The van der Waals surface area contributed by atoms with E-state index in [2.05, 4.69) is 30.6 Å². The summed E-state index contributed by atoms with van der Waals surface area (Å²) in [5.74, 6) is 0. The maximum absolute atomic E-state index is 2.68. The van der Waals surface area contributed by atoms with E-state index in [0.29, 0.717) is 5.41 Å². The minimum atomic E-state index is 0.460. The Morgan fingerprint density at radius 1 is 1.00 bits per heavy atom. The maximum atomic E-state index is 2.68. The molecule has 2 heteroatoms. The van der Waals surface area contributed by atoms with Crippen molar-refractivity contribution in [2.75, 3.05) is 32.7 Å². The number of rotatable bonds is 2. The predicted molar refractivity (Wildman–Crippen MR) is 60.5 cm³/mol. The highest BCUT2D eigenvalue weighted by molar-refractivity contribution is 4.88. The van der Waals surface area contributed by atoms with Gasteiger partial charge in [0.15, 0.2) is 0 Å². The third-order valence-electron chi connectivity index (χ3n) is 3.17. The van der Waals surface area contributed by atoms with Gasteiger partial charge in [-0.2, -0.15) is 0 Å². The van der Waals surface area contributed by atoms with Crippen LogP contribution in [0.15, 0.2) is 0 Å². The highest BCUT2D eigenvalue weighted by Crippen LogP contribution is 2.27. The monoisotopic (exact) mass is 196 g/mol. The molecule has 0 aromatic heterocycles. The van der Waals surface area contributed by atoms with Gasteiger partial charge in [-0.25, -0.2) is 0 Å². The quantitative estimate of drug-likeness (QED) is 0.664. The van der Waals surface area contributed by atoms with Gasteiger partial charge in [-0.15, -0.1) is 0 Å². The average molecular weight is 196 g/mol. The van der Waals surface area contributed by atoms with Crippen molar-refractivity contribution in [3.05, 3.63) is 0 Å². The number of piperazine rings is 1. The molecule has 1 heterocycles. The zero-order valence-electron chi connectivity index (χ0n) is 9.92. The lowest BCUT2D eigenvalue weighted by Gasteiger charge is -2.37. The first kappa shape index (κ1) is 10.4. The smallest absolute Gasteiger partial charge is 0.0113 e. The third-order valence-corrected chi connectivity index (χ3v) is 3.17. The molecule has 0 aromatic carbocycles. The lowest BCUT2D eigenvalue weighted by atomic mass is 9.96. The van der Waals surface area contributed by atoms with Crippen molar-refractivity contribution in [1.29, 1.82) is 0 Å². The number of hydrogen-bond donors (Lipinski definition) is 0. The topological polar surface area (TPSA) is 6.48 Å². The maximum Gasteiger partial charge on any atom is 0.0113 e. The summed E-state index contributed by atoms with van der Waals surface area (Å²) in [5, 5.41) is 0. The fourth-order valence-electron chi connectivity index (χ4n) is 2.40. The lowest BCUT2D eigenvalue weighted by Crippen LogP contribution is -2.49. The van der Waals surface area contributed by atoms with E-state index in [9.17, 15) is 0 Å². The van der Waals surface area contributed by atoms with Gasteiger partial charge >= 0.3 is 0 Å². The molecule has 0 spiro atoms. The second kappa shape index (κ2) is 3.82. The highest BCUT2D eigenvalue weighted by atomic mass is 15.3. The summed E-state index contributed by atoms with van der Waals surface area (Å²) in [6.07, 6.45) is 2.92. The molecule has 0 N–H and O–H groups in total. The number of hydrogen-bond acceptors (Lipinski definition) is 2. The van der Waals surface area contributed by atoms with Crippen molar-refractivity contribution in [3.63, 3.8) is 0 Å². The zero-order valence-corrected chi connectivity index (χ0v) is 9.92. The van der Waals surface area contributed by atoms with E-state index in [4.69, 9.17) is 0 Å². The first-order valence-corrected chi connectivity index (χ1v) is 6.01. The average Bonchev–Trinajstić information content (AvgIpc) is 2.85. The largest absolute Gasteiger partial charge is 0.300 e.